The Labute approximate surface area is 172 Å². The van der Waals surface area contributed by atoms with Crippen molar-refractivity contribution in [1.29, 1.82) is 0 Å². The van der Waals surface area contributed by atoms with Gasteiger partial charge in [-0.2, -0.15) is 0 Å². The van der Waals surface area contributed by atoms with E-state index in [-0.39, 0.29) is 5.91 Å². The molecule has 4 rings (SSSR count). The fourth-order valence-corrected chi connectivity index (χ4v) is 4.48. The van der Waals surface area contributed by atoms with E-state index < -0.39 is 11.7 Å². The zero-order valence-corrected chi connectivity index (χ0v) is 17.1. The third kappa shape index (κ3) is 4.37. The maximum atomic E-state index is 11.9. The van der Waals surface area contributed by atoms with Crippen molar-refractivity contribution in [2.45, 2.75) is 44.3 Å². The Morgan fingerprint density at radius 1 is 1.07 bits per heavy atom. The average molecular weight is 395 g/mol. The van der Waals surface area contributed by atoms with Gasteiger partial charge in [-0.1, -0.05) is 42.0 Å². The van der Waals surface area contributed by atoms with E-state index in [1.54, 1.807) is 0 Å². The number of hydrogen-bond acceptors (Lipinski definition) is 4. The molecule has 1 atom stereocenters. The van der Waals surface area contributed by atoms with E-state index in [0.29, 0.717) is 25.8 Å². The van der Waals surface area contributed by atoms with Crippen LogP contribution in [0.2, 0.25) is 0 Å². The number of amides is 1. The smallest absolute Gasteiger partial charge is 0.227 e. The molecule has 5 nitrogen and oxygen atoms in total. The first-order valence-corrected chi connectivity index (χ1v) is 10.5. The van der Waals surface area contributed by atoms with Crippen LogP contribution in [0.4, 0.5) is 5.69 Å². The lowest BCUT2D eigenvalue weighted by atomic mass is 9.84. The first-order valence-electron chi connectivity index (χ1n) is 10.5. The Kier molecular flexibility index (Phi) is 5.72. The molecule has 29 heavy (non-hydrogen) atoms. The highest BCUT2D eigenvalue weighted by molar-refractivity contribution is 5.95. The van der Waals surface area contributed by atoms with Crippen LogP contribution in [0.1, 0.15) is 48.5 Å². The van der Waals surface area contributed by atoms with Gasteiger partial charge < -0.3 is 20.0 Å². The molecule has 0 unspecified atom stereocenters. The van der Waals surface area contributed by atoms with Crippen molar-refractivity contribution in [3.8, 4) is 0 Å². The number of carbonyl (C=O) groups excluding carboxylic acids is 1. The second kappa shape index (κ2) is 8.27. The predicted octanol–water partition coefficient (Wildman–Crippen LogP) is 3.14. The molecule has 5 heteroatoms. The van der Waals surface area contributed by atoms with E-state index in [1.807, 2.05) is 54.3 Å². The first kappa shape index (κ1) is 20.1. The minimum absolute atomic E-state index is 0.174. The molecule has 2 fully saturated rings. The lowest BCUT2D eigenvalue weighted by Crippen LogP contribution is -2.44. The third-order valence-corrected chi connectivity index (χ3v) is 6.33. The van der Waals surface area contributed by atoms with Gasteiger partial charge in [0.05, 0.1) is 11.7 Å². The number of piperidine rings is 1. The molecule has 2 aliphatic heterocycles. The second-order valence-corrected chi connectivity index (χ2v) is 8.46. The molecule has 0 spiro atoms. The molecule has 0 bridgehead atoms. The quantitative estimate of drug-likeness (QED) is 0.818. The number of rotatable bonds is 5. The molecule has 1 amide bonds. The second-order valence-electron chi connectivity index (χ2n) is 8.46. The van der Waals surface area contributed by atoms with Crippen LogP contribution in [0.25, 0.3) is 0 Å². The minimum Gasteiger partial charge on any atom is -0.387 e. The molecule has 0 radical (unpaired) electrons. The highest BCUT2D eigenvalue weighted by atomic mass is 16.3. The zero-order chi connectivity index (χ0) is 20.4. The molecule has 0 saturated carbocycles. The molecule has 0 aromatic heterocycles. The Balaban J connectivity index is 1.34. The van der Waals surface area contributed by atoms with E-state index in [1.165, 1.54) is 0 Å². The minimum atomic E-state index is -0.780. The number of β-amino-alcohol motifs (C(OH)–C–C–N with tert-alkyl or cyclic N) is 1. The van der Waals surface area contributed by atoms with E-state index in [9.17, 15) is 15.0 Å². The van der Waals surface area contributed by atoms with Crippen LogP contribution in [0.5, 0.6) is 0 Å². The number of hydrogen-bond donors (Lipinski definition) is 2. The van der Waals surface area contributed by atoms with Crippen molar-refractivity contribution in [3.63, 3.8) is 0 Å². The Morgan fingerprint density at radius 3 is 2.41 bits per heavy atom. The SMILES string of the molecule is Cc1cccc(C2(O)CCN(C[C@H](O)c3ccc(N4CCCC4=O)cc3)CC2)c1. The highest BCUT2D eigenvalue weighted by Crippen LogP contribution is 2.34. The van der Waals surface area contributed by atoms with Crippen LogP contribution in [0.15, 0.2) is 48.5 Å². The Bertz CT molecular complexity index is 857. The molecular weight excluding hydrogens is 364 g/mol. The molecule has 2 saturated heterocycles. The number of aryl methyl sites for hydroxylation is 1. The molecule has 2 N–H and O–H groups in total. The van der Waals surface area contributed by atoms with Gasteiger partial charge in [-0.15, -0.1) is 0 Å². The summed E-state index contributed by atoms with van der Waals surface area (Å²) in [4.78, 5) is 15.9. The number of likely N-dealkylation sites (tertiary alicyclic amines) is 1. The maximum Gasteiger partial charge on any atom is 0.227 e. The summed E-state index contributed by atoms with van der Waals surface area (Å²) in [5, 5.41) is 21.8. The molecule has 2 aliphatic rings. The Morgan fingerprint density at radius 2 is 1.79 bits per heavy atom. The van der Waals surface area contributed by atoms with E-state index in [0.717, 1.165) is 48.4 Å². The van der Waals surface area contributed by atoms with Gasteiger partial charge >= 0.3 is 0 Å². The number of benzene rings is 2. The van der Waals surface area contributed by atoms with E-state index in [2.05, 4.69) is 11.0 Å². The molecule has 154 valence electrons. The summed E-state index contributed by atoms with van der Waals surface area (Å²) < 4.78 is 0. The van der Waals surface area contributed by atoms with Gasteiger partial charge in [-0.05, 0) is 49.4 Å². The van der Waals surface area contributed by atoms with E-state index in [4.69, 9.17) is 0 Å². The molecule has 2 heterocycles. The number of aliphatic hydroxyl groups excluding tert-OH is 1. The largest absolute Gasteiger partial charge is 0.387 e. The lowest BCUT2D eigenvalue weighted by molar-refractivity contribution is -0.117. The summed E-state index contributed by atoms with van der Waals surface area (Å²) in [6.07, 6.45) is 2.28. The standard InChI is InChI=1S/C24H30N2O3/c1-18-4-2-5-20(16-18)24(29)11-14-25(15-12-24)17-22(27)19-7-9-21(10-8-19)26-13-3-6-23(26)28/h2,4-5,7-10,16,22,27,29H,3,6,11-15,17H2,1H3/t22-/m0/s1. The fourth-order valence-electron chi connectivity index (χ4n) is 4.48. The summed E-state index contributed by atoms with van der Waals surface area (Å²) >= 11 is 0. The summed E-state index contributed by atoms with van der Waals surface area (Å²) in [6, 6.07) is 15.8. The van der Waals surface area contributed by atoms with Crippen LogP contribution < -0.4 is 4.90 Å². The summed E-state index contributed by atoms with van der Waals surface area (Å²) in [6.45, 7) is 4.87. The van der Waals surface area contributed by atoms with Crippen LogP contribution in [0.3, 0.4) is 0 Å². The maximum absolute atomic E-state index is 11.9. The average Bonchev–Trinajstić information content (AvgIpc) is 3.16. The number of anilines is 1. The van der Waals surface area contributed by atoms with Crippen molar-refractivity contribution >= 4 is 11.6 Å². The van der Waals surface area contributed by atoms with Crippen molar-refractivity contribution in [2.75, 3.05) is 31.1 Å². The van der Waals surface area contributed by atoms with Crippen molar-refractivity contribution < 1.29 is 15.0 Å². The number of aliphatic hydroxyl groups is 2. The summed E-state index contributed by atoms with van der Waals surface area (Å²) in [5.74, 6) is 0.174. The highest BCUT2D eigenvalue weighted by Gasteiger charge is 2.34. The first-order chi connectivity index (χ1) is 13.9. The van der Waals surface area contributed by atoms with Gasteiger partial charge in [0.25, 0.3) is 0 Å². The molecule has 2 aromatic rings. The van der Waals surface area contributed by atoms with Gasteiger partial charge in [0.1, 0.15) is 0 Å². The summed E-state index contributed by atoms with van der Waals surface area (Å²) in [7, 11) is 0. The molecular formula is C24H30N2O3. The van der Waals surface area contributed by atoms with Crippen molar-refractivity contribution in [1.82, 2.24) is 4.90 Å². The van der Waals surface area contributed by atoms with Crippen molar-refractivity contribution in [2.24, 2.45) is 0 Å². The van der Waals surface area contributed by atoms with Gasteiger partial charge in [0.15, 0.2) is 0 Å². The molecule has 0 aliphatic carbocycles. The van der Waals surface area contributed by atoms with Crippen LogP contribution in [-0.4, -0.2) is 47.2 Å². The van der Waals surface area contributed by atoms with Gasteiger partial charge in [0, 0.05) is 38.3 Å². The summed E-state index contributed by atoms with van der Waals surface area (Å²) in [5.41, 5.74) is 3.14. The van der Waals surface area contributed by atoms with E-state index >= 15 is 0 Å². The topological polar surface area (TPSA) is 64.0 Å². The van der Waals surface area contributed by atoms with Crippen molar-refractivity contribution in [3.05, 3.63) is 65.2 Å². The number of carbonyl (C=O) groups is 1. The monoisotopic (exact) mass is 394 g/mol. The number of nitrogens with zero attached hydrogens (tertiary/aromatic N) is 2. The normalized spacial score (nSPS) is 20.8. The fraction of sp³-hybridized carbons (Fsp3) is 0.458. The van der Waals surface area contributed by atoms with Crippen LogP contribution in [0, 0.1) is 6.92 Å². The Hall–Kier alpha value is -2.21. The van der Waals surface area contributed by atoms with Gasteiger partial charge in [0.2, 0.25) is 5.91 Å². The predicted molar refractivity (Wildman–Crippen MR) is 114 cm³/mol. The van der Waals surface area contributed by atoms with Gasteiger partial charge in [-0.25, -0.2) is 0 Å². The van der Waals surface area contributed by atoms with Gasteiger partial charge in [-0.3, -0.25) is 4.79 Å². The van der Waals surface area contributed by atoms with Crippen LogP contribution >= 0.6 is 0 Å². The van der Waals surface area contributed by atoms with Crippen LogP contribution in [-0.2, 0) is 10.4 Å². The lowest BCUT2D eigenvalue weighted by Gasteiger charge is -2.39. The molecule has 2 aromatic carbocycles. The third-order valence-electron chi connectivity index (χ3n) is 6.33. The zero-order valence-electron chi connectivity index (χ0n) is 17.1.